The first-order valence-corrected chi connectivity index (χ1v) is 18.9. The first-order valence-electron chi connectivity index (χ1n) is 16.4. The number of aromatic amines is 4. The molecule has 4 amide bonds. The largest absolute Gasteiger partial charge is 0.440 e. The first-order chi connectivity index (χ1) is 24.2. The highest BCUT2D eigenvalue weighted by molar-refractivity contribution is 8.18. The summed E-state index contributed by atoms with van der Waals surface area (Å²) in [6, 6.07) is 0. The van der Waals surface area contributed by atoms with E-state index in [-0.39, 0.29) is 87.1 Å². The monoisotopic (exact) mass is 867 g/mol. The Bertz CT molecular complexity index is 1860. The van der Waals surface area contributed by atoms with E-state index in [0.29, 0.717) is 35.0 Å². The third-order valence-corrected chi connectivity index (χ3v) is 8.48. The van der Waals surface area contributed by atoms with Crippen molar-refractivity contribution in [2.75, 3.05) is 0 Å². The second kappa shape index (κ2) is 30.8. The van der Waals surface area contributed by atoms with Crippen LogP contribution in [0.15, 0.2) is 34.7 Å². The molecule has 18 nitrogen and oxygen atoms in total. The van der Waals surface area contributed by atoms with Crippen molar-refractivity contribution >= 4 is 57.2 Å². The van der Waals surface area contributed by atoms with E-state index in [1.807, 2.05) is 60.4 Å². The average molecular weight is 868 g/mol. The minimum absolute atomic E-state index is 0. The molecule has 2 aliphatic heterocycles. The third-order valence-electron chi connectivity index (χ3n) is 5.87. The Kier molecular flexibility index (Phi) is 33.5. The number of aromatic nitrogens is 7. The molecule has 0 aromatic carbocycles. The Labute approximate surface area is 349 Å². The van der Waals surface area contributed by atoms with Crippen molar-refractivity contribution in [1.82, 2.24) is 45.7 Å². The fraction of sp³-hybridized carbons (Fsp3) is 0.667. The number of allylic oxidation sites excluding steroid dienone is 1. The van der Waals surface area contributed by atoms with Gasteiger partial charge in [-0.25, -0.2) is 29.6 Å². The number of rotatable bonds is 8. The molecule has 5 heterocycles. The van der Waals surface area contributed by atoms with Gasteiger partial charge in [0.1, 0.15) is 10.8 Å². The van der Waals surface area contributed by atoms with Crippen LogP contribution in [0.4, 0.5) is 9.59 Å². The summed E-state index contributed by atoms with van der Waals surface area (Å²) in [6.45, 7) is 20.4. The molecule has 3 aromatic heterocycles. The maximum Gasteiger partial charge on any atom is 0.440 e. The number of nitrogens with one attached hydrogen (secondary N) is 6. The fourth-order valence-electron chi connectivity index (χ4n) is 3.73. The van der Waals surface area contributed by atoms with Crippen LogP contribution in [0, 0.1) is 23.7 Å². The van der Waals surface area contributed by atoms with Crippen LogP contribution in [0.1, 0.15) is 130 Å². The van der Waals surface area contributed by atoms with Crippen LogP contribution in [0.25, 0.3) is 0 Å². The maximum absolute atomic E-state index is 11.0. The van der Waals surface area contributed by atoms with Crippen molar-refractivity contribution in [3.8, 4) is 0 Å². The molecule has 21 heteroatoms. The highest BCUT2D eigenvalue weighted by Gasteiger charge is 2.31. The molecule has 0 radical (unpaired) electrons. The van der Waals surface area contributed by atoms with E-state index >= 15 is 0 Å². The van der Waals surface area contributed by atoms with E-state index in [4.69, 9.17) is 0 Å². The van der Waals surface area contributed by atoms with Gasteiger partial charge in [0.2, 0.25) is 5.91 Å². The molecule has 2 saturated heterocycles. The van der Waals surface area contributed by atoms with Crippen LogP contribution in [0.5, 0.6) is 0 Å². The highest BCUT2D eigenvalue weighted by atomic mass is 32.2. The number of imide groups is 2. The van der Waals surface area contributed by atoms with Gasteiger partial charge in [-0.05, 0) is 41.9 Å². The zero-order chi connectivity index (χ0) is 39.7. The number of H-pyrrole nitrogens is 4. The van der Waals surface area contributed by atoms with Gasteiger partial charge in [-0.2, -0.15) is 14.9 Å². The lowest BCUT2D eigenvalue weighted by atomic mass is 10.1. The Hall–Kier alpha value is -4.24. The minimum atomic E-state index is -0.698. The van der Waals surface area contributed by atoms with E-state index < -0.39 is 11.4 Å². The van der Waals surface area contributed by atoms with E-state index in [0.717, 1.165) is 46.1 Å². The molecule has 5 rings (SSSR count). The Balaban J connectivity index is -0.000000194. The molecule has 57 heavy (non-hydrogen) atoms. The SMILES string of the molecule is C.C.C.C.C.CC(C)C=C1SC(=O)NC1=O.CC(C)CC1SC(=O)NC1=O.CC(C)Cc1n[nH]c(=O)s1.CC(C)Cn1oc(=O)[nH]c1=O.CC(C)c1n[nH]c(=O)[nH]1. The molecular weight excluding hydrogens is 799 g/mol. The van der Waals surface area contributed by atoms with Crippen molar-refractivity contribution in [3.63, 3.8) is 0 Å². The molecule has 1 atom stereocenters. The van der Waals surface area contributed by atoms with Gasteiger partial charge in [0, 0.05) is 12.3 Å². The Morgan fingerprint density at radius 1 is 0.737 bits per heavy atom. The molecule has 0 saturated carbocycles. The average Bonchev–Trinajstić information content (AvgIpc) is 3.81. The number of hydrogen-bond acceptors (Lipinski definition) is 14. The van der Waals surface area contributed by atoms with Crippen LogP contribution >= 0.6 is 34.9 Å². The highest BCUT2D eigenvalue weighted by Crippen LogP contribution is 2.25. The predicted molar refractivity (Wildman–Crippen MR) is 235 cm³/mol. The molecule has 2 aliphatic rings. The minimum Gasteiger partial charge on any atom is -0.317 e. The van der Waals surface area contributed by atoms with Crippen molar-refractivity contribution in [3.05, 3.63) is 63.0 Å². The lowest BCUT2D eigenvalue weighted by Crippen LogP contribution is -2.24. The molecule has 0 aliphatic carbocycles. The van der Waals surface area contributed by atoms with Gasteiger partial charge < -0.3 is 4.52 Å². The molecular formula is C36H69N9O9S3. The Morgan fingerprint density at radius 3 is 1.65 bits per heavy atom. The second-order valence-electron chi connectivity index (χ2n) is 13.2. The van der Waals surface area contributed by atoms with E-state index in [9.17, 15) is 38.4 Å². The first kappa shape index (κ1) is 62.0. The summed E-state index contributed by atoms with van der Waals surface area (Å²) in [5.41, 5.74) is -0.720. The number of carbonyl (C=O) groups is 4. The summed E-state index contributed by atoms with van der Waals surface area (Å²) in [5, 5.41) is 16.9. The summed E-state index contributed by atoms with van der Waals surface area (Å²) < 4.78 is 5.54. The van der Waals surface area contributed by atoms with Crippen molar-refractivity contribution < 1.29 is 23.7 Å². The number of hydrogen-bond donors (Lipinski definition) is 6. The van der Waals surface area contributed by atoms with Crippen molar-refractivity contribution in [2.24, 2.45) is 23.7 Å². The third kappa shape index (κ3) is 26.3. The molecule has 2 fully saturated rings. The fourth-order valence-corrected chi connectivity index (χ4v) is 6.44. The van der Waals surface area contributed by atoms with E-state index in [1.54, 1.807) is 6.08 Å². The zero-order valence-electron chi connectivity index (χ0n) is 30.9. The molecule has 6 N–H and O–H groups in total. The Morgan fingerprint density at radius 2 is 1.33 bits per heavy atom. The van der Waals surface area contributed by atoms with Gasteiger partial charge >= 0.3 is 22.0 Å². The normalized spacial score (nSPS) is 14.5. The van der Waals surface area contributed by atoms with Crippen LogP contribution in [0.3, 0.4) is 0 Å². The summed E-state index contributed by atoms with van der Waals surface area (Å²) >= 11 is 3.26. The molecule has 0 bridgehead atoms. The zero-order valence-corrected chi connectivity index (χ0v) is 33.4. The van der Waals surface area contributed by atoms with Crippen LogP contribution in [-0.4, -0.2) is 62.6 Å². The van der Waals surface area contributed by atoms with Crippen molar-refractivity contribution in [2.45, 2.75) is 137 Å². The van der Waals surface area contributed by atoms with Crippen molar-refractivity contribution in [1.29, 1.82) is 0 Å². The second-order valence-corrected chi connectivity index (χ2v) is 16.5. The van der Waals surface area contributed by atoms with Gasteiger partial charge in [-0.3, -0.25) is 39.6 Å². The van der Waals surface area contributed by atoms with Crippen LogP contribution in [-0.2, 0) is 22.6 Å². The number of thioether (sulfide) groups is 2. The lowest BCUT2D eigenvalue weighted by Gasteiger charge is -2.06. The van der Waals surface area contributed by atoms with Crippen LogP contribution in [0.2, 0.25) is 0 Å². The maximum atomic E-state index is 11.0. The van der Waals surface area contributed by atoms with Crippen LogP contribution < -0.4 is 32.6 Å². The summed E-state index contributed by atoms with van der Waals surface area (Å²) in [6.07, 6.45) is 3.45. The van der Waals surface area contributed by atoms with E-state index in [2.05, 4.69) is 54.4 Å². The summed E-state index contributed by atoms with van der Waals surface area (Å²) in [5.74, 6) is 1.51. The van der Waals surface area contributed by atoms with Gasteiger partial charge in [0.15, 0.2) is 0 Å². The summed E-state index contributed by atoms with van der Waals surface area (Å²) in [7, 11) is 0. The van der Waals surface area contributed by atoms with Gasteiger partial charge in [-0.15, -0.1) is 0 Å². The van der Waals surface area contributed by atoms with Gasteiger partial charge in [0.05, 0.1) is 16.7 Å². The number of amides is 4. The van der Waals surface area contributed by atoms with Gasteiger partial charge in [-0.1, -0.05) is 136 Å². The quantitative estimate of drug-likeness (QED) is 0.123. The molecule has 3 aromatic rings. The standard InChI is InChI=1S/C7H11NO2S.C7H9NO2S.C6H10N2O3.C6H10N2OS.C5H9N3O.5CH4/c2*1-4(2)3-5-6(9)8-7(10)11-5;1-4(2)3-8-5(9)7-6(10)11-8;1-4(2)3-5-7-8-6(9)10-5;1-3(2)4-6-5(9)8-7-4;;;;;/h4-5H,3H2,1-2H3,(H,8,9,10);3-4H,1-2H3,(H,8,9,10);4H,3H2,1-2H3,(H,7,9,10);4H,3H2,1-2H3,(H,8,9);3H,1-2H3,(H2,6,7,8,9);5*1H4. The number of carbonyl (C=O) groups excluding carboxylic acids is 4. The molecule has 330 valence electrons. The molecule has 0 spiro atoms. The number of nitrogens with zero attached hydrogens (tertiary/aromatic N) is 3. The topological polar surface area (TPSA) is 268 Å². The van der Waals surface area contributed by atoms with Gasteiger partial charge in [0.25, 0.3) is 16.4 Å². The summed E-state index contributed by atoms with van der Waals surface area (Å²) in [4.78, 5) is 90.4. The molecule has 1 unspecified atom stereocenters. The smallest absolute Gasteiger partial charge is 0.317 e. The lowest BCUT2D eigenvalue weighted by molar-refractivity contribution is -0.119. The van der Waals surface area contributed by atoms with E-state index in [1.165, 1.54) is 11.3 Å². The predicted octanol–water partition coefficient (Wildman–Crippen LogP) is 7.11.